The average molecular weight is 485 g/mol. The van der Waals surface area contributed by atoms with Crippen molar-refractivity contribution in [2.24, 2.45) is 0 Å². The highest BCUT2D eigenvalue weighted by Gasteiger charge is 2.34. The van der Waals surface area contributed by atoms with Gasteiger partial charge in [-0.3, -0.25) is 9.59 Å². The summed E-state index contributed by atoms with van der Waals surface area (Å²) in [6.07, 6.45) is 9.43. The van der Waals surface area contributed by atoms with Crippen molar-refractivity contribution in [2.75, 3.05) is 14.2 Å². The lowest BCUT2D eigenvalue weighted by atomic mass is 9.93. The van der Waals surface area contributed by atoms with Crippen LogP contribution in [0.2, 0.25) is 0 Å². The Hall–Kier alpha value is -3.17. The van der Waals surface area contributed by atoms with Gasteiger partial charge in [-0.25, -0.2) is 0 Å². The average Bonchev–Trinajstić information content (AvgIpc) is 3.56. The first-order valence-electron chi connectivity index (χ1n) is 12.6. The summed E-state index contributed by atoms with van der Waals surface area (Å²) in [7, 11) is 3.14. The minimum atomic E-state index is -0.542. The van der Waals surface area contributed by atoms with Gasteiger partial charge in [-0.15, -0.1) is 10.2 Å². The number of methoxy groups -OCH3 is 2. The van der Waals surface area contributed by atoms with E-state index < -0.39 is 6.04 Å². The fraction of sp³-hybridized carbons (Fsp3) is 0.640. The number of nitrogens with zero attached hydrogens (tertiary/aromatic N) is 5. The first-order valence-corrected chi connectivity index (χ1v) is 12.6. The van der Waals surface area contributed by atoms with Crippen LogP contribution in [-0.4, -0.2) is 69.3 Å². The molecule has 0 saturated heterocycles. The standard InChI is InChI=1S/C25H36N6O4/c1-17(25(33)26-19-9-7-8-10-19)31(20-11-5-4-6-12-20)23(32)16-30-28-24(27-29-30)18-13-14-21(34-2)22(15-18)35-3/h13-15,17,19-20H,4-12,16H2,1-3H3,(H,26,33)/t17-/m0/s1. The van der Waals surface area contributed by atoms with E-state index in [1.54, 1.807) is 31.3 Å². The summed E-state index contributed by atoms with van der Waals surface area (Å²) in [5.41, 5.74) is 0.704. The number of amides is 2. The summed E-state index contributed by atoms with van der Waals surface area (Å²) < 4.78 is 10.6. The third-order valence-electron chi connectivity index (χ3n) is 7.13. The molecule has 2 aromatic rings. The molecule has 10 nitrogen and oxygen atoms in total. The van der Waals surface area contributed by atoms with Gasteiger partial charge >= 0.3 is 0 Å². The molecule has 2 fully saturated rings. The summed E-state index contributed by atoms with van der Waals surface area (Å²) in [5.74, 6) is 1.31. The van der Waals surface area contributed by atoms with Crippen LogP contribution >= 0.6 is 0 Å². The number of hydrogen-bond acceptors (Lipinski definition) is 7. The van der Waals surface area contributed by atoms with Crippen LogP contribution in [-0.2, 0) is 16.1 Å². The molecule has 0 radical (unpaired) electrons. The molecule has 1 aromatic carbocycles. The van der Waals surface area contributed by atoms with Gasteiger partial charge in [0.2, 0.25) is 17.6 Å². The van der Waals surface area contributed by atoms with E-state index in [0.717, 1.165) is 51.4 Å². The Morgan fingerprint density at radius 3 is 2.43 bits per heavy atom. The van der Waals surface area contributed by atoms with Crippen LogP contribution in [0.1, 0.15) is 64.7 Å². The molecule has 2 aliphatic carbocycles. The zero-order valence-electron chi connectivity index (χ0n) is 20.9. The molecule has 0 aliphatic heterocycles. The largest absolute Gasteiger partial charge is 0.493 e. The minimum absolute atomic E-state index is 0.0504. The zero-order chi connectivity index (χ0) is 24.8. The monoisotopic (exact) mass is 484 g/mol. The topological polar surface area (TPSA) is 111 Å². The molecule has 0 spiro atoms. The molecule has 0 unspecified atom stereocenters. The molecule has 1 N–H and O–H groups in total. The molecular weight excluding hydrogens is 448 g/mol. The molecule has 10 heteroatoms. The van der Waals surface area contributed by atoms with E-state index in [1.807, 2.05) is 13.0 Å². The lowest BCUT2D eigenvalue weighted by Crippen LogP contribution is -2.55. The lowest BCUT2D eigenvalue weighted by Gasteiger charge is -2.38. The van der Waals surface area contributed by atoms with E-state index in [4.69, 9.17) is 9.47 Å². The summed E-state index contributed by atoms with van der Waals surface area (Å²) >= 11 is 0. The molecule has 1 aromatic heterocycles. The lowest BCUT2D eigenvalue weighted by molar-refractivity contribution is -0.144. The Morgan fingerprint density at radius 2 is 1.74 bits per heavy atom. The summed E-state index contributed by atoms with van der Waals surface area (Å²) in [6, 6.07) is 5.08. The first kappa shape index (κ1) is 24.9. The van der Waals surface area contributed by atoms with Crippen molar-refractivity contribution in [3.63, 3.8) is 0 Å². The Balaban J connectivity index is 1.48. The highest BCUT2D eigenvalue weighted by molar-refractivity contribution is 5.87. The second-order valence-electron chi connectivity index (χ2n) is 9.47. The van der Waals surface area contributed by atoms with Crippen molar-refractivity contribution in [1.82, 2.24) is 30.4 Å². The van der Waals surface area contributed by atoms with E-state index in [1.165, 1.54) is 11.2 Å². The summed E-state index contributed by atoms with van der Waals surface area (Å²) in [5, 5.41) is 15.8. The van der Waals surface area contributed by atoms with Gasteiger partial charge < -0.3 is 19.7 Å². The molecule has 0 bridgehead atoms. The second-order valence-corrected chi connectivity index (χ2v) is 9.47. The highest BCUT2D eigenvalue weighted by atomic mass is 16.5. The van der Waals surface area contributed by atoms with Crippen molar-refractivity contribution in [3.8, 4) is 22.9 Å². The molecule has 2 aliphatic rings. The molecule has 190 valence electrons. The van der Waals surface area contributed by atoms with E-state index in [9.17, 15) is 9.59 Å². The molecule has 2 saturated carbocycles. The number of aromatic nitrogens is 4. The SMILES string of the molecule is COc1ccc(-c2nnn(CC(=O)N(C3CCCCC3)[C@@H](C)C(=O)NC3CCCC3)n2)cc1OC. The fourth-order valence-electron chi connectivity index (χ4n) is 5.22. The second kappa shape index (κ2) is 11.5. The summed E-state index contributed by atoms with van der Waals surface area (Å²) in [6.45, 7) is 1.76. The maximum atomic E-state index is 13.5. The number of ether oxygens (including phenoxy) is 2. The minimum Gasteiger partial charge on any atom is -0.493 e. The van der Waals surface area contributed by atoms with E-state index in [0.29, 0.717) is 22.9 Å². The molecule has 2 amide bonds. The highest BCUT2D eigenvalue weighted by Crippen LogP contribution is 2.31. The van der Waals surface area contributed by atoms with Crippen molar-refractivity contribution >= 4 is 11.8 Å². The van der Waals surface area contributed by atoms with Crippen LogP contribution in [0.5, 0.6) is 11.5 Å². The predicted molar refractivity (Wildman–Crippen MR) is 130 cm³/mol. The van der Waals surface area contributed by atoms with Gasteiger partial charge in [0.15, 0.2) is 11.5 Å². The molecule has 1 heterocycles. The number of carbonyl (C=O) groups is 2. The van der Waals surface area contributed by atoms with Gasteiger partial charge in [-0.05, 0) is 56.0 Å². The quantitative estimate of drug-likeness (QED) is 0.582. The smallest absolute Gasteiger partial charge is 0.247 e. The van der Waals surface area contributed by atoms with Gasteiger partial charge in [-0.1, -0.05) is 32.1 Å². The van der Waals surface area contributed by atoms with E-state index >= 15 is 0 Å². The van der Waals surface area contributed by atoms with Gasteiger partial charge in [-0.2, -0.15) is 4.80 Å². The third-order valence-corrected chi connectivity index (χ3v) is 7.13. The number of carbonyl (C=O) groups excluding carboxylic acids is 2. The van der Waals surface area contributed by atoms with E-state index in [2.05, 4.69) is 20.7 Å². The Kier molecular flexibility index (Phi) is 8.20. The van der Waals surface area contributed by atoms with Crippen molar-refractivity contribution in [3.05, 3.63) is 18.2 Å². The summed E-state index contributed by atoms with van der Waals surface area (Å²) in [4.78, 5) is 29.6. The van der Waals surface area contributed by atoms with Crippen LogP contribution in [0.25, 0.3) is 11.4 Å². The van der Waals surface area contributed by atoms with Gasteiger partial charge in [0.1, 0.15) is 12.6 Å². The number of benzene rings is 1. The van der Waals surface area contributed by atoms with Crippen molar-refractivity contribution in [2.45, 2.75) is 89.4 Å². The molecule has 1 atom stereocenters. The third kappa shape index (κ3) is 5.91. The maximum absolute atomic E-state index is 13.5. The van der Waals surface area contributed by atoms with Crippen molar-refractivity contribution < 1.29 is 19.1 Å². The van der Waals surface area contributed by atoms with Crippen LogP contribution in [0, 0.1) is 0 Å². The predicted octanol–water partition coefficient (Wildman–Crippen LogP) is 2.97. The molecule has 4 rings (SSSR count). The van der Waals surface area contributed by atoms with Gasteiger partial charge in [0, 0.05) is 17.6 Å². The van der Waals surface area contributed by atoms with Crippen LogP contribution in [0.15, 0.2) is 18.2 Å². The Labute approximate surface area is 206 Å². The van der Waals surface area contributed by atoms with Gasteiger partial charge in [0.25, 0.3) is 0 Å². The fourth-order valence-corrected chi connectivity index (χ4v) is 5.22. The van der Waals surface area contributed by atoms with E-state index in [-0.39, 0.29) is 30.4 Å². The first-order chi connectivity index (χ1) is 17.0. The number of hydrogen-bond donors (Lipinski definition) is 1. The maximum Gasteiger partial charge on any atom is 0.247 e. The van der Waals surface area contributed by atoms with Crippen LogP contribution in [0.4, 0.5) is 0 Å². The zero-order valence-corrected chi connectivity index (χ0v) is 20.9. The number of tetrazole rings is 1. The number of rotatable bonds is 9. The van der Waals surface area contributed by atoms with Crippen LogP contribution < -0.4 is 14.8 Å². The van der Waals surface area contributed by atoms with Crippen molar-refractivity contribution in [1.29, 1.82) is 0 Å². The van der Waals surface area contributed by atoms with Crippen LogP contribution in [0.3, 0.4) is 0 Å². The Morgan fingerprint density at radius 1 is 1.06 bits per heavy atom. The Bertz CT molecular complexity index is 1010. The molecular formula is C25H36N6O4. The normalized spacial score (nSPS) is 17.7. The number of nitrogens with one attached hydrogen (secondary N) is 1. The van der Waals surface area contributed by atoms with Gasteiger partial charge in [0.05, 0.1) is 14.2 Å². The molecule has 35 heavy (non-hydrogen) atoms.